The van der Waals surface area contributed by atoms with E-state index in [4.69, 9.17) is 25.8 Å². The average Bonchev–Trinajstić information content (AvgIpc) is 2.65. The molecule has 2 aromatic rings. The van der Waals surface area contributed by atoms with Gasteiger partial charge in [0.15, 0.2) is 17.2 Å². The van der Waals surface area contributed by atoms with Crippen molar-refractivity contribution in [2.75, 3.05) is 26.9 Å². The summed E-state index contributed by atoms with van der Waals surface area (Å²) >= 11 is 6.23. The highest BCUT2D eigenvalue weighted by atomic mass is 35.5. The standard InChI is InChI=1S/C18H19ClN2O5/c1-24-16-3-2-13(9-15(16)21(22)23)11-20-5-4-12-8-14(19)18-17(10-12)25-6-7-26-18/h2-3,8-10,20H,4-7,11H2,1H3. The van der Waals surface area contributed by atoms with Gasteiger partial charge in [0, 0.05) is 12.6 Å². The third kappa shape index (κ3) is 4.17. The summed E-state index contributed by atoms with van der Waals surface area (Å²) in [5.74, 6) is 1.52. The quantitative estimate of drug-likeness (QED) is 0.452. The molecule has 1 aliphatic rings. The Hall–Kier alpha value is -2.51. The number of ether oxygens (including phenoxy) is 3. The molecule has 8 heteroatoms. The highest BCUT2D eigenvalue weighted by Crippen LogP contribution is 2.38. The molecule has 0 bridgehead atoms. The first-order valence-corrected chi connectivity index (χ1v) is 8.56. The minimum absolute atomic E-state index is 0.0367. The summed E-state index contributed by atoms with van der Waals surface area (Å²) < 4.78 is 16.1. The number of rotatable bonds is 7. The number of nitro benzene ring substituents is 1. The highest BCUT2D eigenvalue weighted by Gasteiger charge is 2.17. The van der Waals surface area contributed by atoms with E-state index in [-0.39, 0.29) is 11.4 Å². The van der Waals surface area contributed by atoms with Crippen LogP contribution >= 0.6 is 11.6 Å². The maximum Gasteiger partial charge on any atom is 0.311 e. The number of nitro groups is 1. The molecule has 138 valence electrons. The molecule has 0 atom stereocenters. The number of benzene rings is 2. The smallest absolute Gasteiger partial charge is 0.311 e. The van der Waals surface area contributed by atoms with Crippen molar-refractivity contribution in [3.8, 4) is 17.2 Å². The van der Waals surface area contributed by atoms with Gasteiger partial charge in [-0.05, 0) is 42.3 Å². The first-order chi connectivity index (χ1) is 12.6. The number of fused-ring (bicyclic) bond motifs is 1. The minimum atomic E-state index is -0.445. The van der Waals surface area contributed by atoms with Crippen molar-refractivity contribution in [3.63, 3.8) is 0 Å². The van der Waals surface area contributed by atoms with Crippen LogP contribution in [0.4, 0.5) is 5.69 Å². The van der Waals surface area contributed by atoms with Gasteiger partial charge in [0.1, 0.15) is 13.2 Å². The van der Waals surface area contributed by atoms with Crippen LogP contribution in [-0.2, 0) is 13.0 Å². The molecule has 1 aliphatic heterocycles. The molecule has 1 N–H and O–H groups in total. The third-order valence-corrected chi connectivity index (χ3v) is 4.30. The first kappa shape index (κ1) is 18.3. The van der Waals surface area contributed by atoms with Crippen LogP contribution in [0.15, 0.2) is 30.3 Å². The highest BCUT2D eigenvalue weighted by molar-refractivity contribution is 6.32. The fourth-order valence-corrected chi connectivity index (χ4v) is 3.05. The number of nitrogens with one attached hydrogen (secondary N) is 1. The monoisotopic (exact) mass is 378 g/mol. The Labute approximate surface area is 156 Å². The minimum Gasteiger partial charge on any atom is -0.490 e. The van der Waals surface area contributed by atoms with E-state index in [9.17, 15) is 10.1 Å². The van der Waals surface area contributed by atoms with Gasteiger partial charge < -0.3 is 19.5 Å². The van der Waals surface area contributed by atoms with Crippen LogP contribution in [0.5, 0.6) is 17.2 Å². The summed E-state index contributed by atoms with van der Waals surface area (Å²) in [6, 6.07) is 8.73. The lowest BCUT2D eigenvalue weighted by atomic mass is 10.1. The van der Waals surface area contributed by atoms with Crippen molar-refractivity contribution in [1.82, 2.24) is 5.32 Å². The van der Waals surface area contributed by atoms with Gasteiger partial charge in [-0.25, -0.2) is 0 Å². The number of hydrogen-bond acceptors (Lipinski definition) is 6. The van der Waals surface area contributed by atoms with Crippen LogP contribution in [0, 0.1) is 10.1 Å². The Morgan fingerprint density at radius 3 is 2.81 bits per heavy atom. The molecule has 26 heavy (non-hydrogen) atoms. The Morgan fingerprint density at radius 1 is 1.23 bits per heavy atom. The Balaban J connectivity index is 1.57. The van der Waals surface area contributed by atoms with Gasteiger partial charge in [0.2, 0.25) is 0 Å². The van der Waals surface area contributed by atoms with Crippen molar-refractivity contribution in [3.05, 3.63) is 56.6 Å². The summed E-state index contributed by atoms with van der Waals surface area (Å²) in [6.45, 7) is 2.22. The molecular weight excluding hydrogens is 360 g/mol. The summed E-state index contributed by atoms with van der Waals surface area (Å²) in [5.41, 5.74) is 1.82. The van der Waals surface area contributed by atoms with Crippen LogP contribution in [0.3, 0.4) is 0 Å². The van der Waals surface area contributed by atoms with E-state index in [1.54, 1.807) is 12.1 Å². The molecule has 7 nitrogen and oxygen atoms in total. The SMILES string of the molecule is COc1ccc(CNCCc2cc(Cl)c3c(c2)OCCO3)cc1[N+](=O)[O-]. The Bertz CT molecular complexity index is 812. The molecule has 0 aliphatic carbocycles. The van der Waals surface area contributed by atoms with Crippen LogP contribution in [0.1, 0.15) is 11.1 Å². The van der Waals surface area contributed by atoms with Crippen LogP contribution in [-0.4, -0.2) is 31.8 Å². The number of halogens is 1. The van der Waals surface area contributed by atoms with E-state index in [1.165, 1.54) is 13.2 Å². The molecule has 2 aromatic carbocycles. The van der Waals surface area contributed by atoms with Gasteiger partial charge in [-0.15, -0.1) is 0 Å². The zero-order valence-corrected chi connectivity index (χ0v) is 15.0. The molecule has 1 heterocycles. The zero-order valence-electron chi connectivity index (χ0n) is 14.3. The van der Waals surface area contributed by atoms with Crippen LogP contribution in [0.25, 0.3) is 0 Å². The second-order valence-corrected chi connectivity index (χ2v) is 6.20. The summed E-state index contributed by atoms with van der Waals surface area (Å²) in [7, 11) is 1.42. The van der Waals surface area contributed by atoms with E-state index < -0.39 is 4.92 Å². The van der Waals surface area contributed by atoms with E-state index in [0.29, 0.717) is 42.8 Å². The molecule has 0 saturated heterocycles. The van der Waals surface area contributed by atoms with E-state index in [2.05, 4.69) is 5.32 Å². The zero-order chi connectivity index (χ0) is 18.5. The fraction of sp³-hybridized carbons (Fsp3) is 0.333. The third-order valence-electron chi connectivity index (χ3n) is 4.02. The van der Waals surface area contributed by atoms with E-state index in [0.717, 1.165) is 17.5 Å². The van der Waals surface area contributed by atoms with Crippen molar-refractivity contribution in [2.45, 2.75) is 13.0 Å². The summed E-state index contributed by atoms with van der Waals surface area (Å²) in [5, 5.41) is 14.9. The second-order valence-electron chi connectivity index (χ2n) is 5.79. The molecule has 0 unspecified atom stereocenters. The number of methoxy groups -OCH3 is 1. The molecule has 0 spiro atoms. The van der Waals surface area contributed by atoms with Crippen molar-refractivity contribution in [1.29, 1.82) is 0 Å². The number of nitrogens with zero attached hydrogens (tertiary/aromatic N) is 1. The van der Waals surface area contributed by atoms with Gasteiger partial charge in [-0.1, -0.05) is 17.7 Å². The predicted molar refractivity (Wildman–Crippen MR) is 97.5 cm³/mol. The van der Waals surface area contributed by atoms with Crippen molar-refractivity contribution >= 4 is 17.3 Å². The Morgan fingerprint density at radius 2 is 2.04 bits per heavy atom. The van der Waals surface area contributed by atoms with Gasteiger partial charge in [0.25, 0.3) is 0 Å². The second kappa shape index (κ2) is 8.25. The van der Waals surface area contributed by atoms with Gasteiger partial charge in [-0.3, -0.25) is 10.1 Å². The van der Waals surface area contributed by atoms with Crippen LogP contribution in [0.2, 0.25) is 5.02 Å². The van der Waals surface area contributed by atoms with E-state index in [1.807, 2.05) is 12.1 Å². The molecule has 0 radical (unpaired) electrons. The molecule has 0 amide bonds. The lowest BCUT2D eigenvalue weighted by molar-refractivity contribution is -0.385. The molecule has 0 saturated carbocycles. The lowest BCUT2D eigenvalue weighted by Gasteiger charge is -2.20. The largest absolute Gasteiger partial charge is 0.490 e. The molecular formula is C18H19ClN2O5. The van der Waals surface area contributed by atoms with Crippen molar-refractivity contribution < 1.29 is 19.1 Å². The molecule has 0 aromatic heterocycles. The lowest BCUT2D eigenvalue weighted by Crippen LogP contribution is -2.18. The average molecular weight is 379 g/mol. The van der Waals surface area contributed by atoms with Gasteiger partial charge >= 0.3 is 5.69 Å². The van der Waals surface area contributed by atoms with Crippen molar-refractivity contribution in [2.24, 2.45) is 0 Å². The van der Waals surface area contributed by atoms with Gasteiger partial charge in [-0.2, -0.15) is 0 Å². The Kier molecular flexibility index (Phi) is 5.80. The van der Waals surface area contributed by atoms with Crippen LogP contribution < -0.4 is 19.5 Å². The topological polar surface area (TPSA) is 82.9 Å². The first-order valence-electron chi connectivity index (χ1n) is 8.18. The molecule has 3 rings (SSSR count). The number of hydrogen-bond donors (Lipinski definition) is 1. The maximum atomic E-state index is 11.1. The summed E-state index contributed by atoms with van der Waals surface area (Å²) in [4.78, 5) is 10.6. The predicted octanol–water partition coefficient (Wildman–Crippen LogP) is 3.36. The van der Waals surface area contributed by atoms with E-state index >= 15 is 0 Å². The summed E-state index contributed by atoms with van der Waals surface area (Å²) in [6.07, 6.45) is 0.745. The fourth-order valence-electron chi connectivity index (χ4n) is 2.76. The maximum absolute atomic E-state index is 11.1. The molecule has 0 fully saturated rings. The van der Waals surface area contributed by atoms with Gasteiger partial charge in [0.05, 0.1) is 17.1 Å². The normalized spacial score (nSPS) is 12.7.